The van der Waals surface area contributed by atoms with Crippen molar-refractivity contribution in [1.29, 1.82) is 0 Å². The van der Waals surface area contributed by atoms with Crippen LogP contribution in [0.25, 0.3) is 16.9 Å². The maximum Gasteiger partial charge on any atom is 0.416 e. The van der Waals surface area contributed by atoms with Gasteiger partial charge in [-0.05, 0) is 36.4 Å². The lowest BCUT2D eigenvalue weighted by Crippen LogP contribution is -2.09. The molecule has 0 radical (unpaired) electrons. The molecule has 2 aromatic carbocycles. The van der Waals surface area contributed by atoms with Crippen molar-refractivity contribution < 1.29 is 21.6 Å². The Hall–Kier alpha value is -3.09. The average Bonchev–Trinajstić information content (AvgIpc) is 3.03. The van der Waals surface area contributed by atoms with Gasteiger partial charge in [0, 0.05) is 11.9 Å². The number of para-hydroxylation sites is 1. The Balaban J connectivity index is 1.94. The minimum atomic E-state index is -4.51. The molecule has 2 heterocycles. The highest BCUT2D eigenvalue weighted by Crippen LogP contribution is 2.35. The third-order valence-corrected chi connectivity index (χ3v) is 5.94. The zero-order valence-electron chi connectivity index (χ0n) is 16.5. The van der Waals surface area contributed by atoms with Gasteiger partial charge in [0.1, 0.15) is 0 Å². The van der Waals surface area contributed by atoms with E-state index < -0.39 is 26.7 Å². The summed E-state index contributed by atoms with van der Waals surface area (Å²) in [6.07, 6.45) is -3.60. The Morgan fingerprint density at radius 2 is 1.61 bits per heavy atom. The second-order valence-electron chi connectivity index (χ2n) is 6.87. The molecule has 172 valence electrons. The molecule has 0 aliphatic heterocycles. The lowest BCUT2D eigenvalue weighted by atomic mass is 10.2. The Kier molecular flexibility index (Phi) is 5.63. The number of nitrogens with two attached hydrogens (primary N) is 1. The quantitative estimate of drug-likeness (QED) is 0.371. The van der Waals surface area contributed by atoms with Gasteiger partial charge in [0.05, 0.1) is 21.3 Å². The van der Waals surface area contributed by atoms with E-state index in [1.165, 1.54) is 16.7 Å². The van der Waals surface area contributed by atoms with Crippen LogP contribution in [0, 0.1) is 0 Å². The first-order valence-electron chi connectivity index (χ1n) is 9.01. The van der Waals surface area contributed by atoms with E-state index in [9.17, 15) is 21.6 Å². The number of hydrogen-bond donors (Lipinski definition) is 2. The Bertz CT molecular complexity index is 1470. The summed E-state index contributed by atoms with van der Waals surface area (Å²) in [6, 6.07) is 8.79. The third-order valence-electron chi connectivity index (χ3n) is 4.48. The summed E-state index contributed by atoms with van der Waals surface area (Å²) in [5, 5.41) is 2.62. The number of fused-ring (bicyclic) bond motifs is 1. The van der Waals surface area contributed by atoms with Gasteiger partial charge in [0.2, 0.25) is 15.8 Å². The fourth-order valence-electron chi connectivity index (χ4n) is 3.01. The molecular weight excluding hydrogens is 504 g/mol. The fraction of sp³-hybridized carbons (Fsp3) is 0.105. The van der Waals surface area contributed by atoms with Crippen molar-refractivity contribution in [3.63, 3.8) is 0 Å². The molecule has 0 saturated carbocycles. The van der Waals surface area contributed by atoms with Crippen LogP contribution in [0.1, 0.15) is 5.56 Å². The van der Waals surface area contributed by atoms with E-state index in [0.29, 0.717) is 0 Å². The van der Waals surface area contributed by atoms with Gasteiger partial charge in [-0.3, -0.25) is 4.57 Å². The number of benzene rings is 2. The van der Waals surface area contributed by atoms with Crippen LogP contribution in [-0.2, 0) is 16.0 Å². The molecule has 4 rings (SSSR count). The van der Waals surface area contributed by atoms with E-state index in [4.69, 9.17) is 28.9 Å². The molecular formula is C19H13Cl2F3N6O2S. The van der Waals surface area contributed by atoms with Crippen molar-refractivity contribution in [3.8, 4) is 5.69 Å². The monoisotopic (exact) mass is 516 g/mol. The molecule has 0 aliphatic carbocycles. The first kappa shape index (κ1) is 23.1. The molecule has 2 aromatic heterocycles. The predicted octanol–water partition coefficient (Wildman–Crippen LogP) is 4.87. The number of anilines is 3. The molecule has 0 fully saturated rings. The largest absolute Gasteiger partial charge is 0.416 e. The van der Waals surface area contributed by atoms with Crippen molar-refractivity contribution in [1.82, 2.24) is 19.5 Å². The number of nitrogens with one attached hydrogen (secondary N) is 1. The van der Waals surface area contributed by atoms with Crippen LogP contribution < -0.4 is 11.1 Å². The van der Waals surface area contributed by atoms with Gasteiger partial charge in [-0.15, -0.1) is 0 Å². The van der Waals surface area contributed by atoms with E-state index in [0.717, 1.165) is 18.4 Å². The van der Waals surface area contributed by atoms with E-state index in [1.54, 1.807) is 18.2 Å². The molecule has 0 atom stereocenters. The van der Waals surface area contributed by atoms with Crippen LogP contribution in [0.2, 0.25) is 10.0 Å². The molecule has 0 spiro atoms. The summed E-state index contributed by atoms with van der Waals surface area (Å²) >= 11 is 12.6. The molecule has 0 amide bonds. The predicted molar refractivity (Wildman–Crippen MR) is 119 cm³/mol. The number of halogens is 5. The highest BCUT2D eigenvalue weighted by Gasteiger charge is 2.30. The van der Waals surface area contributed by atoms with Gasteiger partial charge in [-0.25, -0.2) is 13.4 Å². The van der Waals surface area contributed by atoms with E-state index >= 15 is 0 Å². The van der Waals surface area contributed by atoms with Crippen LogP contribution in [0.4, 0.5) is 30.6 Å². The molecule has 0 saturated heterocycles. The maximum absolute atomic E-state index is 12.9. The number of nitrogen functional groups attached to an aromatic ring is 1. The van der Waals surface area contributed by atoms with Crippen LogP contribution in [0.3, 0.4) is 0 Å². The van der Waals surface area contributed by atoms with Gasteiger partial charge in [0.15, 0.2) is 17.0 Å². The summed E-state index contributed by atoms with van der Waals surface area (Å²) in [4.78, 5) is 12.3. The van der Waals surface area contributed by atoms with E-state index in [1.807, 2.05) is 0 Å². The summed E-state index contributed by atoms with van der Waals surface area (Å²) in [6.45, 7) is 0. The van der Waals surface area contributed by atoms with Crippen LogP contribution in [0.5, 0.6) is 0 Å². The van der Waals surface area contributed by atoms with E-state index in [-0.39, 0.29) is 44.4 Å². The van der Waals surface area contributed by atoms with Crippen molar-refractivity contribution in [2.45, 2.75) is 11.3 Å². The average molecular weight is 517 g/mol. The number of alkyl halides is 3. The van der Waals surface area contributed by atoms with E-state index in [2.05, 4.69) is 20.3 Å². The maximum atomic E-state index is 12.9. The van der Waals surface area contributed by atoms with Crippen molar-refractivity contribution >= 4 is 61.7 Å². The number of imidazole rings is 1. The van der Waals surface area contributed by atoms with Crippen molar-refractivity contribution in [2.75, 3.05) is 17.3 Å². The normalized spacial score (nSPS) is 12.3. The number of rotatable bonds is 4. The molecule has 33 heavy (non-hydrogen) atoms. The second-order valence-corrected chi connectivity index (χ2v) is 9.60. The molecule has 3 N–H and O–H groups in total. The van der Waals surface area contributed by atoms with Crippen LogP contribution in [-0.4, -0.2) is 34.2 Å². The number of sulfone groups is 1. The first-order chi connectivity index (χ1) is 15.4. The standard InChI is InChI=1S/C19H13Cl2F3N6O2S/c1-33(31,32)18-28-15(26-10-7-5-9(6-8-10)19(22,23)24)13-16(29-18)30(17(25)27-13)14-11(20)3-2-4-12(14)21/h2-8H,1H3,(H2,25,27)(H,26,28,29). The molecule has 0 bridgehead atoms. The van der Waals surface area contributed by atoms with Gasteiger partial charge >= 0.3 is 6.18 Å². The van der Waals surface area contributed by atoms with Crippen LogP contribution in [0.15, 0.2) is 47.6 Å². The summed E-state index contributed by atoms with van der Waals surface area (Å²) in [7, 11) is -3.90. The summed E-state index contributed by atoms with van der Waals surface area (Å²) in [5.74, 6) is -0.204. The van der Waals surface area contributed by atoms with Crippen molar-refractivity contribution in [2.24, 2.45) is 0 Å². The second kappa shape index (κ2) is 8.04. The van der Waals surface area contributed by atoms with Gasteiger partial charge < -0.3 is 11.1 Å². The molecule has 14 heteroatoms. The summed E-state index contributed by atoms with van der Waals surface area (Å²) < 4.78 is 64.3. The highest BCUT2D eigenvalue weighted by molar-refractivity contribution is 7.90. The Labute approximate surface area is 195 Å². The SMILES string of the molecule is CS(=O)(=O)c1nc(Nc2ccc(C(F)(F)F)cc2)c2nc(N)n(-c3c(Cl)cccc3Cl)c2n1. The Morgan fingerprint density at radius 3 is 2.15 bits per heavy atom. The van der Waals surface area contributed by atoms with Gasteiger partial charge in [-0.1, -0.05) is 29.3 Å². The summed E-state index contributed by atoms with van der Waals surface area (Å²) in [5.41, 5.74) is 5.68. The lowest BCUT2D eigenvalue weighted by molar-refractivity contribution is -0.137. The third kappa shape index (κ3) is 4.41. The number of nitrogens with zero attached hydrogens (tertiary/aromatic N) is 4. The molecule has 8 nitrogen and oxygen atoms in total. The molecule has 4 aromatic rings. The zero-order valence-corrected chi connectivity index (χ0v) is 18.9. The smallest absolute Gasteiger partial charge is 0.369 e. The fourth-order valence-corrected chi connectivity index (χ4v) is 4.09. The lowest BCUT2D eigenvalue weighted by Gasteiger charge is -2.12. The number of aromatic nitrogens is 4. The first-order valence-corrected chi connectivity index (χ1v) is 11.7. The van der Waals surface area contributed by atoms with Gasteiger partial charge in [-0.2, -0.15) is 23.1 Å². The minimum Gasteiger partial charge on any atom is -0.369 e. The highest BCUT2D eigenvalue weighted by atomic mass is 35.5. The van der Waals surface area contributed by atoms with Crippen molar-refractivity contribution in [3.05, 3.63) is 58.1 Å². The Morgan fingerprint density at radius 1 is 1.00 bits per heavy atom. The zero-order chi connectivity index (χ0) is 24.1. The number of hydrogen-bond acceptors (Lipinski definition) is 7. The molecule has 0 unspecified atom stereocenters. The van der Waals surface area contributed by atoms with Gasteiger partial charge in [0.25, 0.3) is 5.16 Å². The topological polar surface area (TPSA) is 116 Å². The van der Waals surface area contributed by atoms with Crippen LogP contribution >= 0.6 is 23.2 Å². The molecule has 0 aliphatic rings. The minimum absolute atomic E-state index is 0.0210.